The van der Waals surface area contributed by atoms with Crippen LogP contribution >= 0.6 is 0 Å². The molecule has 116 valence electrons. The number of nitrogens with zero attached hydrogens (tertiary/aromatic N) is 1. The minimum Gasteiger partial charge on any atom is -0.494 e. The highest BCUT2D eigenvalue weighted by molar-refractivity contribution is 5.76. The Morgan fingerprint density at radius 1 is 1.14 bits per heavy atom. The first-order valence-electron chi connectivity index (χ1n) is 8.21. The van der Waals surface area contributed by atoms with E-state index in [-0.39, 0.29) is 5.91 Å². The topological polar surface area (TPSA) is 29.5 Å². The number of amides is 1. The van der Waals surface area contributed by atoms with Crippen molar-refractivity contribution in [3.05, 3.63) is 30.3 Å². The summed E-state index contributed by atoms with van der Waals surface area (Å²) in [6.07, 6.45) is 8.88. The highest BCUT2D eigenvalue weighted by Gasteiger charge is 2.20. The molecule has 1 aromatic carbocycles. The molecule has 0 N–H and O–H groups in total. The van der Waals surface area contributed by atoms with Crippen molar-refractivity contribution in [2.75, 3.05) is 13.7 Å². The SMILES string of the molecule is CN(C(=O)CCCOc1ccccc1)C1CCCCCC1. The monoisotopic (exact) mass is 289 g/mol. The predicted molar refractivity (Wildman–Crippen MR) is 85.4 cm³/mol. The van der Waals surface area contributed by atoms with Crippen molar-refractivity contribution in [2.24, 2.45) is 0 Å². The summed E-state index contributed by atoms with van der Waals surface area (Å²) in [5, 5.41) is 0. The van der Waals surface area contributed by atoms with Crippen LogP contribution in [-0.2, 0) is 4.79 Å². The van der Waals surface area contributed by atoms with Crippen molar-refractivity contribution in [1.29, 1.82) is 0 Å². The lowest BCUT2D eigenvalue weighted by Crippen LogP contribution is -2.36. The van der Waals surface area contributed by atoms with Crippen LogP contribution in [0.4, 0.5) is 0 Å². The van der Waals surface area contributed by atoms with Gasteiger partial charge in [0.25, 0.3) is 0 Å². The highest BCUT2D eigenvalue weighted by atomic mass is 16.5. The zero-order valence-electron chi connectivity index (χ0n) is 13.1. The zero-order chi connectivity index (χ0) is 14.9. The number of carbonyl (C=O) groups excluding carboxylic acids is 1. The maximum absolute atomic E-state index is 12.2. The van der Waals surface area contributed by atoms with Crippen LogP contribution < -0.4 is 4.74 Å². The summed E-state index contributed by atoms with van der Waals surface area (Å²) in [5.41, 5.74) is 0. The van der Waals surface area contributed by atoms with Crippen LogP contribution in [0.1, 0.15) is 51.4 Å². The van der Waals surface area contributed by atoms with E-state index in [4.69, 9.17) is 4.74 Å². The van der Waals surface area contributed by atoms with Gasteiger partial charge in [-0.3, -0.25) is 4.79 Å². The molecule has 1 aliphatic rings. The van der Waals surface area contributed by atoms with Crippen molar-refractivity contribution < 1.29 is 9.53 Å². The Bertz CT molecular complexity index is 410. The van der Waals surface area contributed by atoms with E-state index in [2.05, 4.69) is 0 Å². The lowest BCUT2D eigenvalue weighted by atomic mass is 10.1. The van der Waals surface area contributed by atoms with Gasteiger partial charge >= 0.3 is 0 Å². The van der Waals surface area contributed by atoms with Crippen LogP contribution in [0.25, 0.3) is 0 Å². The number of carbonyl (C=O) groups is 1. The molecular formula is C18H27NO2. The number of rotatable bonds is 6. The third-order valence-corrected chi connectivity index (χ3v) is 4.31. The van der Waals surface area contributed by atoms with Gasteiger partial charge < -0.3 is 9.64 Å². The summed E-state index contributed by atoms with van der Waals surface area (Å²) in [7, 11) is 1.97. The Balaban J connectivity index is 1.66. The first-order valence-corrected chi connectivity index (χ1v) is 8.21. The van der Waals surface area contributed by atoms with E-state index in [9.17, 15) is 4.79 Å². The van der Waals surface area contributed by atoms with Gasteiger partial charge in [0.1, 0.15) is 5.75 Å². The average molecular weight is 289 g/mol. The molecule has 1 saturated carbocycles. The predicted octanol–water partition coefficient (Wildman–Crippen LogP) is 4.03. The standard InChI is InChI=1S/C18H27NO2/c1-19(16-10-5-2-3-6-11-16)18(20)14-9-15-21-17-12-7-4-8-13-17/h4,7-8,12-13,16H,2-3,5-6,9-11,14-15H2,1H3. The number of hydrogen-bond donors (Lipinski definition) is 0. The zero-order valence-corrected chi connectivity index (χ0v) is 13.1. The molecule has 3 heteroatoms. The molecule has 0 radical (unpaired) electrons. The van der Waals surface area contributed by atoms with Crippen LogP contribution in [0.2, 0.25) is 0 Å². The summed E-state index contributed by atoms with van der Waals surface area (Å²) in [4.78, 5) is 14.2. The summed E-state index contributed by atoms with van der Waals surface area (Å²) in [6, 6.07) is 10.2. The van der Waals surface area contributed by atoms with E-state index in [0.717, 1.165) is 12.2 Å². The van der Waals surface area contributed by atoms with Gasteiger partial charge in [0.05, 0.1) is 6.61 Å². The van der Waals surface area contributed by atoms with Crippen molar-refractivity contribution in [3.63, 3.8) is 0 Å². The maximum atomic E-state index is 12.2. The Kier molecular flexibility index (Phi) is 6.58. The first kappa shape index (κ1) is 15.9. The van der Waals surface area contributed by atoms with Gasteiger partial charge in [-0.05, 0) is 31.4 Å². The molecule has 1 aliphatic carbocycles. The Labute approximate surface area is 128 Å². The van der Waals surface area contributed by atoms with Gasteiger partial charge in [-0.25, -0.2) is 0 Å². The number of hydrogen-bond acceptors (Lipinski definition) is 2. The molecule has 0 saturated heterocycles. The average Bonchev–Trinajstić information content (AvgIpc) is 2.81. The molecule has 21 heavy (non-hydrogen) atoms. The van der Waals surface area contributed by atoms with Crippen molar-refractivity contribution in [2.45, 2.75) is 57.4 Å². The summed E-state index contributed by atoms with van der Waals surface area (Å²) < 4.78 is 5.63. The Hall–Kier alpha value is -1.51. The fourth-order valence-corrected chi connectivity index (χ4v) is 2.96. The maximum Gasteiger partial charge on any atom is 0.222 e. The van der Waals surface area contributed by atoms with Gasteiger partial charge in [0.15, 0.2) is 0 Å². The minimum absolute atomic E-state index is 0.263. The second-order valence-corrected chi connectivity index (χ2v) is 5.92. The van der Waals surface area contributed by atoms with Gasteiger partial charge in [-0.1, -0.05) is 43.9 Å². The molecule has 0 aromatic heterocycles. The van der Waals surface area contributed by atoms with Gasteiger partial charge in [0, 0.05) is 19.5 Å². The van der Waals surface area contributed by atoms with Gasteiger partial charge in [-0.15, -0.1) is 0 Å². The quantitative estimate of drug-likeness (QED) is 0.584. The smallest absolute Gasteiger partial charge is 0.222 e. The largest absolute Gasteiger partial charge is 0.494 e. The van der Waals surface area contributed by atoms with Crippen molar-refractivity contribution in [1.82, 2.24) is 4.90 Å². The van der Waals surface area contributed by atoms with E-state index in [1.54, 1.807) is 0 Å². The molecule has 3 nitrogen and oxygen atoms in total. The molecular weight excluding hydrogens is 262 g/mol. The Morgan fingerprint density at radius 2 is 1.81 bits per heavy atom. The van der Waals surface area contributed by atoms with Crippen molar-refractivity contribution in [3.8, 4) is 5.75 Å². The normalized spacial score (nSPS) is 16.2. The van der Waals surface area contributed by atoms with E-state index in [0.29, 0.717) is 19.1 Å². The van der Waals surface area contributed by atoms with Crippen molar-refractivity contribution >= 4 is 5.91 Å². The lowest BCUT2D eigenvalue weighted by Gasteiger charge is -2.27. The minimum atomic E-state index is 0.263. The van der Waals surface area contributed by atoms with Gasteiger partial charge in [-0.2, -0.15) is 0 Å². The third kappa shape index (κ3) is 5.41. The van der Waals surface area contributed by atoms with Crippen LogP contribution in [-0.4, -0.2) is 30.5 Å². The molecule has 0 heterocycles. The summed E-state index contributed by atoms with van der Waals surface area (Å²) in [5.74, 6) is 1.14. The fourth-order valence-electron chi connectivity index (χ4n) is 2.96. The third-order valence-electron chi connectivity index (χ3n) is 4.31. The number of ether oxygens (including phenoxy) is 1. The van der Waals surface area contributed by atoms with Crippen LogP contribution in [0.15, 0.2) is 30.3 Å². The highest BCUT2D eigenvalue weighted by Crippen LogP contribution is 2.21. The van der Waals surface area contributed by atoms with E-state index in [1.807, 2.05) is 42.3 Å². The lowest BCUT2D eigenvalue weighted by molar-refractivity contribution is -0.132. The van der Waals surface area contributed by atoms with Gasteiger partial charge in [0.2, 0.25) is 5.91 Å². The molecule has 0 spiro atoms. The second-order valence-electron chi connectivity index (χ2n) is 5.92. The molecule has 2 rings (SSSR count). The van der Waals surface area contributed by atoms with Crippen LogP contribution in [0.5, 0.6) is 5.75 Å². The second kappa shape index (κ2) is 8.71. The fraction of sp³-hybridized carbons (Fsp3) is 0.611. The molecule has 0 bridgehead atoms. The Morgan fingerprint density at radius 3 is 2.48 bits per heavy atom. The number of benzene rings is 1. The molecule has 0 atom stereocenters. The first-order chi connectivity index (χ1) is 10.3. The molecule has 1 aromatic rings. The van der Waals surface area contributed by atoms with E-state index < -0.39 is 0 Å². The number of para-hydroxylation sites is 1. The van der Waals surface area contributed by atoms with E-state index in [1.165, 1.54) is 38.5 Å². The summed E-state index contributed by atoms with van der Waals surface area (Å²) >= 11 is 0. The molecule has 1 amide bonds. The molecule has 1 fully saturated rings. The molecule has 0 unspecified atom stereocenters. The molecule has 0 aliphatic heterocycles. The van der Waals surface area contributed by atoms with Crippen LogP contribution in [0, 0.1) is 0 Å². The van der Waals surface area contributed by atoms with Crippen LogP contribution in [0.3, 0.4) is 0 Å². The van der Waals surface area contributed by atoms with E-state index >= 15 is 0 Å². The summed E-state index contributed by atoms with van der Waals surface area (Å²) in [6.45, 7) is 0.605.